The Morgan fingerprint density at radius 1 is 0.551 bits per heavy atom. The number of aromatic amines is 1. The molecule has 0 bridgehead atoms. The van der Waals surface area contributed by atoms with E-state index in [2.05, 4.69) is 52.8 Å². The average molecular weight is 1930 g/mol. The number of H-pyrrole nitrogens is 1. The number of unbranched alkanes of at least 4 members (excludes halogenated alkanes) is 2. The van der Waals surface area contributed by atoms with Crippen LogP contribution in [0.15, 0.2) is 85.2 Å². The number of amides is 17. The van der Waals surface area contributed by atoms with Crippen molar-refractivity contribution in [3.63, 3.8) is 0 Å². The number of benzene rings is 3. The minimum Gasteiger partial charge on any atom is -0.481 e. The molecule has 1 saturated carbocycles. The van der Waals surface area contributed by atoms with Crippen LogP contribution in [0.5, 0.6) is 0 Å². The number of carbonyl (C=O) groups excluding carboxylic acids is 18. The molecule has 0 radical (unpaired) electrons. The Hall–Kier alpha value is -13.9. The third-order valence-electron chi connectivity index (χ3n) is 25.3. The number of aliphatic carboxylic acids is 2. The van der Waals surface area contributed by atoms with Crippen molar-refractivity contribution in [3.8, 4) is 0 Å². The van der Waals surface area contributed by atoms with Crippen LogP contribution >= 0.6 is 0 Å². The molecule has 4 aliphatic rings. The summed E-state index contributed by atoms with van der Waals surface area (Å²) < 4.78 is 15.9. The number of ketones is 1. The van der Waals surface area contributed by atoms with Crippen molar-refractivity contribution in [3.05, 3.63) is 108 Å². The van der Waals surface area contributed by atoms with Crippen LogP contribution in [0.1, 0.15) is 173 Å². The predicted octanol–water partition coefficient (Wildman–Crippen LogP) is -2.71. The van der Waals surface area contributed by atoms with E-state index in [9.17, 15) is 96.4 Å². The molecule has 3 aromatic carbocycles. The van der Waals surface area contributed by atoms with Gasteiger partial charge in [0.2, 0.25) is 100 Å². The van der Waals surface area contributed by atoms with E-state index < -0.39 is 267 Å². The third-order valence-corrected chi connectivity index (χ3v) is 25.3. The van der Waals surface area contributed by atoms with Crippen molar-refractivity contribution in [1.29, 1.82) is 0 Å². The topological polar surface area (TPSA) is 677 Å². The first-order chi connectivity index (χ1) is 65.4. The maximum atomic E-state index is 15.5. The highest BCUT2D eigenvalue weighted by Gasteiger charge is 2.65. The van der Waals surface area contributed by atoms with E-state index in [0.29, 0.717) is 66.1 Å². The Morgan fingerprint density at radius 3 is 1.72 bits per heavy atom. The maximum Gasteiger partial charge on any atom is 0.323 e. The number of nitrogens with two attached hydrogens (primary N) is 5. The van der Waals surface area contributed by atoms with Crippen LogP contribution in [0.25, 0.3) is 21.8 Å². The normalized spacial score (nSPS) is 18.6. The van der Waals surface area contributed by atoms with Crippen LogP contribution in [-0.2, 0) is 122 Å². The number of fused-ring (bicyclic) bond motifs is 2. The number of likely N-dealkylation sites (N-methyl/N-ethyl adjacent to an activating group) is 2. The number of piperidine rings is 1. The lowest BCUT2D eigenvalue weighted by molar-refractivity contribution is -0.149. The lowest BCUT2D eigenvalue weighted by atomic mass is 9.97. The van der Waals surface area contributed by atoms with Crippen molar-refractivity contribution in [2.24, 2.45) is 34.6 Å². The molecule has 4 fully saturated rings. The minimum absolute atomic E-state index is 0.00117. The number of likely N-dealkylation sites (tertiary alicyclic amines) is 3. The zero-order valence-corrected chi connectivity index (χ0v) is 78.2. The van der Waals surface area contributed by atoms with E-state index in [1.807, 2.05) is 32.0 Å². The fourth-order valence-electron chi connectivity index (χ4n) is 18.0. The van der Waals surface area contributed by atoms with Gasteiger partial charge in [-0.05, 0) is 118 Å². The molecular formula is C93H128FN21O23. The molecule has 750 valence electrons. The number of carbonyl (C=O) groups is 20. The number of aliphatic hydroxyl groups excluding tert-OH is 1. The number of primary amides is 4. The number of hydrogen-bond acceptors (Lipinski definition) is 23. The first-order valence-corrected chi connectivity index (χ1v) is 46.4. The highest BCUT2D eigenvalue weighted by molar-refractivity contribution is 6.09. The number of aliphatic hydroxyl groups is 1. The molecule has 23 N–H and O–H groups in total. The van der Waals surface area contributed by atoms with E-state index in [-0.39, 0.29) is 102 Å². The van der Waals surface area contributed by atoms with Crippen LogP contribution < -0.4 is 76.5 Å². The summed E-state index contributed by atoms with van der Waals surface area (Å²) in [6.45, 7) is 4.87. The van der Waals surface area contributed by atoms with E-state index in [0.717, 1.165) is 47.5 Å². The number of aromatic nitrogens is 2. The van der Waals surface area contributed by atoms with Crippen molar-refractivity contribution in [2.75, 3.05) is 46.8 Å². The van der Waals surface area contributed by atoms with E-state index in [4.69, 9.17) is 28.7 Å². The van der Waals surface area contributed by atoms with Crippen LogP contribution in [-0.4, -0.2) is 305 Å². The Balaban J connectivity index is 0.865. The van der Waals surface area contributed by atoms with Gasteiger partial charge < -0.3 is 126 Å². The van der Waals surface area contributed by atoms with Crippen molar-refractivity contribution < 1.29 is 116 Å². The molecule has 44 nitrogen and oxygen atoms in total. The van der Waals surface area contributed by atoms with Gasteiger partial charge in [-0.2, -0.15) is 0 Å². The van der Waals surface area contributed by atoms with Crippen LogP contribution in [0, 0.1) is 11.7 Å². The van der Waals surface area contributed by atoms with Gasteiger partial charge in [0.05, 0.1) is 31.5 Å². The quantitative estimate of drug-likeness (QED) is 0.0188. The molecule has 0 unspecified atom stereocenters. The van der Waals surface area contributed by atoms with E-state index in [1.165, 1.54) is 37.0 Å². The highest BCUT2D eigenvalue weighted by atomic mass is 19.1. The van der Waals surface area contributed by atoms with Crippen molar-refractivity contribution >= 4 is 140 Å². The Kier molecular flexibility index (Phi) is 38.9. The summed E-state index contributed by atoms with van der Waals surface area (Å²) in [5.74, 6) is -19.9. The van der Waals surface area contributed by atoms with Crippen LogP contribution in [0.4, 0.5) is 4.39 Å². The van der Waals surface area contributed by atoms with Gasteiger partial charge >= 0.3 is 11.9 Å². The van der Waals surface area contributed by atoms with Gasteiger partial charge in [-0.15, -0.1) is 0 Å². The number of halogens is 1. The third kappa shape index (κ3) is 29.1. The number of para-hydroxylation sites is 2. The molecule has 17 amide bonds. The molecular weight excluding hydrogens is 1800 g/mol. The second-order valence-electron chi connectivity index (χ2n) is 36.3. The number of hydrogen-bond donors (Lipinski definition) is 18. The van der Waals surface area contributed by atoms with Gasteiger partial charge in [-0.3, -0.25) is 95.9 Å². The smallest absolute Gasteiger partial charge is 0.323 e. The summed E-state index contributed by atoms with van der Waals surface area (Å²) in [4.78, 5) is 287. The minimum atomic E-state index is -1.79. The number of carboxylic acid groups (broad SMARTS) is 2. The predicted molar refractivity (Wildman–Crippen MR) is 494 cm³/mol. The molecule has 1 spiro atoms. The number of rotatable bonds is 53. The lowest BCUT2D eigenvalue weighted by Crippen LogP contribution is -2.61. The first-order valence-electron chi connectivity index (χ1n) is 46.4. The van der Waals surface area contributed by atoms with Crippen molar-refractivity contribution in [1.82, 2.24) is 81.9 Å². The summed E-state index contributed by atoms with van der Waals surface area (Å²) in [5, 5.41) is 54.6. The van der Waals surface area contributed by atoms with Gasteiger partial charge in [0.1, 0.15) is 90.4 Å². The molecule has 5 aromatic rings. The standard InChI is InChI=1S/C93H128FN21O23/c1-7-9-21-69(110(5)92(138)72(22-10-8-2)111(6)88(134)65(39-53-47-112(49-79(124)125)68-23-14-12-19-57(53)68)107-84(130)63(40-75(97)119)105-81(127)58(95)38-52-44-101-59-20-13-11-18-56(52)59)85(131)106-62(36-50(3)4)83(129)109-67(80(99)126)45-100-46-77(121)102-64(37-51-26-28-54(94)29-27-51)89(135)113-34-16-15-24-70(113)87(133)108-66(41-76(98)120)90(136)114-35-17-25-71(114)86(132)103-60(30-32-74(96)118)82(128)104-61(31-33-78(122)123)91(137)115-48-55(116)42-93(115)43-73(93)117/h11-14,18-20,23,26-29,44,47,50,55,58,60-67,69-72,100-101,116H,7-10,15-17,21-22,24-25,30-43,45-46,48-49,95H2,1-6H3,(H2,96,118)(H2,97,119)(H2,98,120)(H2,99,126)(H,102,121)(H,103,132)(H,104,128)(H,105,127)(H,106,131)(H,107,130)(H,108,133)(H,109,129)(H,122,123)(H,124,125)/t55-,58+,60+,61+,62+,63+,64+,65+,66+,67+,69+,70+,71+,72+,93-/m1/s1. The Bertz CT molecular complexity index is 5340. The van der Waals surface area contributed by atoms with Gasteiger partial charge in [0, 0.05) is 113 Å². The monoisotopic (exact) mass is 1930 g/mol. The van der Waals surface area contributed by atoms with Crippen molar-refractivity contribution in [2.45, 2.75) is 272 Å². The molecule has 15 atom stereocenters. The summed E-state index contributed by atoms with van der Waals surface area (Å²) in [6.07, 6.45) is -0.112. The second-order valence-corrected chi connectivity index (χ2v) is 36.3. The Morgan fingerprint density at radius 2 is 1.10 bits per heavy atom. The largest absolute Gasteiger partial charge is 0.481 e. The number of nitrogens with zero attached hydrogens (tertiary/aromatic N) is 6. The summed E-state index contributed by atoms with van der Waals surface area (Å²) in [7, 11) is 2.68. The SMILES string of the molecule is CCCC[C@@H](C(=O)N(C)[C@@H](CCCC)C(=O)N[C@@H](CC(C)C)C(=O)N[C@@H](CNCC(=O)N[C@@H](Cc1ccc(F)cc1)C(=O)N1CCCC[C@H]1C(=O)N[C@@H](CC(N)=O)C(=O)N1CCC[C@H]1C(=O)N[C@@H](CCC(N)=O)C(=O)N[C@@H](CCC(=O)O)C(=O)N1C[C@H](O)C[C@]12CC2=O)C(N)=O)N(C)C(=O)[C@H](Cc1cn(CC(=O)O)c2ccccc12)NC(=O)[C@H](CC(N)=O)NC(=O)[C@@H](N)Cc1c[nH]c2ccccc12. The van der Waals surface area contributed by atoms with Gasteiger partial charge in [-0.25, -0.2) is 4.39 Å². The van der Waals surface area contributed by atoms with Gasteiger partial charge in [0.15, 0.2) is 5.78 Å². The Labute approximate surface area is 795 Å². The molecule has 3 aliphatic heterocycles. The number of carboxylic acids is 2. The summed E-state index contributed by atoms with van der Waals surface area (Å²) in [5.41, 5.74) is 30.4. The molecule has 3 saturated heterocycles. The van der Waals surface area contributed by atoms with E-state index in [1.54, 1.807) is 50.4 Å². The molecule has 2 aromatic heterocycles. The zero-order chi connectivity index (χ0) is 101. The van der Waals surface area contributed by atoms with Crippen LogP contribution in [0.2, 0.25) is 0 Å². The number of nitrogens with one attached hydrogen (secondary N) is 10. The molecule has 45 heteroatoms. The first kappa shape index (κ1) is 108. The lowest BCUT2D eigenvalue weighted by Gasteiger charge is -2.38. The second kappa shape index (κ2) is 49.8. The van der Waals surface area contributed by atoms with Gasteiger partial charge in [0.25, 0.3) is 0 Å². The summed E-state index contributed by atoms with van der Waals surface area (Å²) >= 11 is 0. The fourth-order valence-corrected chi connectivity index (χ4v) is 18.0. The fraction of sp³-hybridized carbons (Fsp3) is 0.548. The summed E-state index contributed by atoms with van der Waals surface area (Å²) in [6, 6.07) is -0.882. The molecule has 5 heterocycles. The zero-order valence-electron chi connectivity index (χ0n) is 78.2. The number of Topliss-reactive ketones (excluding diaryl/α,β-unsaturated/α-hetero) is 1. The maximum absolute atomic E-state index is 15.5. The average Bonchev–Trinajstić information content (AvgIpc) is 1.55. The molecule has 1 aliphatic carbocycles. The highest BCUT2D eigenvalue weighted by Crippen LogP contribution is 2.46. The molecule has 138 heavy (non-hydrogen) atoms. The number of β-amino-alcohol motifs (C(OH)–C–C–N with tert-alkyl or cyclic N) is 1. The van der Waals surface area contributed by atoms with Crippen LogP contribution in [0.3, 0.4) is 0 Å². The van der Waals surface area contributed by atoms with Gasteiger partial charge in [-0.1, -0.05) is 102 Å². The van der Waals surface area contributed by atoms with E-state index >= 15 is 19.2 Å². The molecule has 9 rings (SSSR count).